The second-order valence-electron chi connectivity index (χ2n) is 2.57. The van der Waals surface area contributed by atoms with Crippen molar-refractivity contribution < 1.29 is 4.74 Å². The van der Waals surface area contributed by atoms with Gasteiger partial charge in [-0.15, -0.1) is 0 Å². The lowest BCUT2D eigenvalue weighted by molar-refractivity contribution is 0.281. The van der Waals surface area contributed by atoms with Crippen molar-refractivity contribution in [3.05, 3.63) is 11.5 Å². The van der Waals surface area contributed by atoms with Crippen LogP contribution < -0.4 is 5.73 Å². The third-order valence-electron chi connectivity index (χ3n) is 1.39. The number of methoxy groups -OCH3 is 1. The Hall–Kier alpha value is -0.990. The smallest absolute Gasteiger partial charge is 0.188 e. The quantitative estimate of drug-likeness (QED) is 0.492. The molecule has 11 heavy (non-hydrogen) atoms. The first-order valence-electron chi connectivity index (χ1n) is 3.59. The number of ether oxygens (including phenoxy) is 1. The summed E-state index contributed by atoms with van der Waals surface area (Å²) in [6, 6.07) is 0. The standard InChI is InChI=1S/C8H16N2O/c1-6(2)7(5-10-3)8(9)11-4/h5-6H,9H2,1-4H3/b8-7-,10-5?. The fourth-order valence-electron chi connectivity index (χ4n) is 0.754. The summed E-state index contributed by atoms with van der Waals surface area (Å²) in [5.41, 5.74) is 6.51. The van der Waals surface area contributed by atoms with Crippen LogP contribution in [0.15, 0.2) is 16.4 Å². The molecule has 0 aromatic heterocycles. The zero-order valence-corrected chi connectivity index (χ0v) is 7.59. The van der Waals surface area contributed by atoms with Gasteiger partial charge in [-0.1, -0.05) is 13.8 Å². The lowest BCUT2D eigenvalue weighted by Crippen LogP contribution is -2.09. The molecule has 2 N–H and O–H groups in total. The van der Waals surface area contributed by atoms with Gasteiger partial charge in [-0.05, 0) is 5.92 Å². The van der Waals surface area contributed by atoms with Crippen LogP contribution in [0.2, 0.25) is 0 Å². The van der Waals surface area contributed by atoms with Gasteiger partial charge in [0.1, 0.15) is 0 Å². The lowest BCUT2D eigenvalue weighted by atomic mass is 10.1. The molecule has 0 bridgehead atoms. The highest BCUT2D eigenvalue weighted by Gasteiger charge is 2.05. The maximum absolute atomic E-state index is 5.57. The average Bonchev–Trinajstić information content (AvgIpc) is 1.98. The van der Waals surface area contributed by atoms with Gasteiger partial charge in [-0.25, -0.2) is 0 Å². The summed E-state index contributed by atoms with van der Waals surface area (Å²) >= 11 is 0. The third-order valence-corrected chi connectivity index (χ3v) is 1.39. The van der Waals surface area contributed by atoms with E-state index in [9.17, 15) is 0 Å². The van der Waals surface area contributed by atoms with Crippen molar-refractivity contribution in [2.45, 2.75) is 13.8 Å². The van der Waals surface area contributed by atoms with Crippen LogP contribution in [0.4, 0.5) is 0 Å². The van der Waals surface area contributed by atoms with Crippen molar-refractivity contribution >= 4 is 6.21 Å². The molecule has 3 nitrogen and oxygen atoms in total. The summed E-state index contributed by atoms with van der Waals surface area (Å²) in [6.45, 7) is 4.09. The molecular weight excluding hydrogens is 140 g/mol. The van der Waals surface area contributed by atoms with Crippen LogP contribution in [0.25, 0.3) is 0 Å². The van der Waals surface area contributed by atoms with E-state index in [4.69, 9.17) is 10.5 Å². The molecule has 0 saturated carbocycles. The Balaban J connectivity index is 4.57. The number of rotatable bonds is 3. The van der Waals surface area contributed by atoms with E-state index in [2.05, 4.69) is 4.99 Å². The van der Waals surface area contributed by atoms with Crippen LogP contribution in [0.5, 0.6) is 0 Å². The molecule has 0 fully saturated rings. The first-order chi connectivity index (χ1) is 5.13. The largest absolute Gasteiger partial charge is 0.482 e. The van der Waals surface area contributed by atoms with Crippen LogP contribution in [0.3, 0.4) is 0 Å². The van der Waals surface area contributed by atoms with Gasteiger partial charge in [0.05, 0.1) is 7.11 Å². The molecule has 0 aromatic carbocycles. The summed E-state index contributed by atoms with van der Waals surface area (Å²) < 4.78 is 4.89. The van der Waals surface area contributed by atoms with E-state index in [1.54, 1.807) is 20.4 Å². The average molecular weight is 156 g/mol. The van der Waals surface area contributed by atoms with Crippen LogP contribution in [-0.4, -0.2) is 20.4 Å². The molecular formula is C8H16N2O. The van der Waals surface area contributed by atoms with Gasteiger partial charge in [0, 0.05) is 18.8 Å². The Labute approximate surface area is 68.0 Å². The number of hydrogen-bond donors (Lipinski definition) is 1. The van der Waals surface area contributed by atoms with Crippen molar-refractivity contribution in [3.63, 3.8) is 0 Å². The van der Waals surface area contributed by atoms with Crippen LogP contribution in [0.1, 0.15) is 13.8 Å². The molecule has 0 aliphatic carbocycles. The van der Waals surface area contributed by atoms with Gasteiger partial charge < -0.3 is 10.5 Å². The molecule has 0 unspecified atom stereocenters. The maximum Gasteiger partial charge on any atom is 0.188 e. The minimum atomic E-state index is 0.346. The van der Waals surface area contributed by atoms with Gasteiger partial charge in [0.15, 0.2) is 5.88 Å². The molecule has 0 aromatic rings. The second-order valence-corrected chi connectivity index (χ2v) is 2.57. The summed E-state index contributed by atoms with van der Waals surface area (Å²) in [4.78, 5) is 3.88. The molecule has 0 aliphatic heterocycles. The molecule has 0 atom stereocenters. The van der Waals surface area contributed by atoms with Gasteiger partial charge in [-0.3, -0.25) is 4.99 Å². The number of aliphatic imine (C=N–C) groups is 1. The zero-order valence-electron chi connectivity index (χ0n) is 7.59. The van der Waals surface area contributed by atoms with Crippen molar-refractivity contribution in [2.24, 2.45) is 16.6 Å². The van der Waals surface area contributed by atoms with E-state index < -0.39 is 0 Å². The van der Waals surface area contributed by atoms with E-state index in [0.717, 1.165) is 5.57 Å². The minimum absolute atomic E-state index is 0.346. The van der Waals surface area contributed by atoms with E-state index in [1.165, 1.54) is 0 Å². The predicted octanol–water partition coefficient (Wildman–Crippen LogP) is 1.16. The monoisotopic (exact) mass is 156 g/mol. The molecule has 0 saturated heterocycles. The highest BCUT2D eigenvalue weighted by molar-refractivity contribution is 5.79. The van der Waals surface area contributed by atoms with Crippen LogP contribution in [-0.2, 0) is 4.74 Å². The first kappa shape index (κ1) is 10.0. The molecule has 0 spiro atoms. The maximum atomic E-state index is 5.57. The topological polar surface area (TPSA) is 47.6 Å². The van der Waals surface area contributed by atoms with Crippen molar-refractivity contribution in [3.8, 4) is 0 Å². The van der Waals surface area contributed by atoms with Crippen molar-refractivity contribution in [1.82, 2.24) is 0 Å². The summed E-state index contributed by atoms with van der Waals surface area (Å²) in [7, 11) is 3.27. The van der Waals surface area contributed by atoms with Crippen molar-refractivity contribution in [1.29, 1.82) is 0 Å². The SMILES string of the molecule is CN=C/C(=C(\N)OC)C(C)C. The van der Waals surface area contributed by atoms with E-state index in [-0.39, 0.29) is 0 Å². The normalized spacial score (nSPS) is 13.9. The Kier molecular flexibility index (Phi) is 4.34. The zero-order chi connectivity index (χ0) is 8.85. The Morgan fingerprint density at radius 3 is 2.36 bits per heavy atom. The summed E-state index contributed by atoms with van der Waals surface area (Å²) in [5, 5.41) is 0. The van der Waals surface area contributed by atoms with Gasteiger partial charge in [-0.2, -0.15) is 0 Å². The third kappa shape index (κ3) is 3.07. The summed E-state index contributed by atoms with van der Waals surface area (Å²) in [6.07, 6.45) is 1.73. The molecule has 0 rings (SSSR count). The summed E-state index contributed by atoms with van der Waals surface area (Å²) in [5.74, 6) is 0.796. The fourth-order valence-corrected chi connectivity index (χ4v) is 0.754. The Morgan fingerprint density at radius 1 is 1.55 bits per heavy atom. The Morgan fingerprint density at radius 2 is 2.09 bits per heavy atom. The van der Waals surface area contributed by atoms with E-state index in [1.807, 2.05) is 13.8 Å². The number of nitrogens with two attached hydrogens (primary N) is 1. The molecule has 0 aliphatic rings. The first-order valence-corrected chi connectivity index (χ1v) is 3.59. The second kappa shape index (κ2) is 4.77. The molecule has 3 heteroatoms. The van der Waals surface area contributed by atoms with Crippen molar-refractivity contribution in [2.75, 3.05) is 14.2 Å². The number of nitrogens with zero attached hydrogens (tertiary/aromatic N) is 1. The Bertz CT molecular complexity index is 171. The fraction of sp³-hybridized carbons (Fsp3) is 0.625. The van der Waals surface area contributed by atoms with Crippen LogP contribution >= 0.6 is 0 Å². The lowest BCUT2D eigenvalue weighted by Gasteiger charge is -2.08. The van der Waals surface area contributed by atoms with E-state index >= 15 is 0 Å². The minimum Gasteiger partial charge on any atom is -0.482 e. The highest BCUT2D eigenvalue weighted by Crippen LogP contribution is 2.09. The van der Waals surface area contributed by atoms with Gasteiger partial charge in [0.25, 0.3) is 0 Å². The molecule has 0 amide bonds. The number of allylic oxidation sites excluding steroid dienone is 1. The molecule has 0 radical (unpaired) electrons. The number of hydrogen-bond acceptors (Lipinski definition) is 3. The van der Waals surface area contributed by atoms with Crippen LogP contribution in [0, 0.1) is 5.92 Å². The molecule has 64 valence electrons. The molecule has 0 heterocycles. The van der Waals surface area contributed by atoms with E-state index in [0.29, 0.717) is 11.8 Å². The highest BCUT2D eigenvalue weighted by atomic mass is 16.5. The van der Waals surface area contributed by atoms with Gasteiger partial charge in [0.2, 0.25) is 0 Å². The predicted molar refractivity (Wildman–Crippen MR) is 47.5 cm³/mol. The van der Waals surface area contributed by atoms with Gasteiger partial charge >= 0.3 is 0 Å².